The first kappa shape index (κ1) is 15.0. The van der Waals surface area contributed by atoms with Gasteiger partial charge in [0.05, 0.1) is 0 Å². The highest BCUT2D eigenvalue weighted by Crippen LogP contribution is 2.28. The maximum atomic E-state index is 13.0. The number of pyridine rings is 1. The third-order valence-corrected chi connectivity index (χ3v) is 4.22. The van der Waals surface area contributed by atoms with E-state index in [4.69, 9.17) is 0 Å². The van der Waals surface area contributed by atoms with E-state index in [-0.39, 0.29) is 5.82 Å². The van der Waals surface area contributed by atoms with Gasteiger partial charge in [0, 0.05) is 25.8 Å². The first-order chi connectivity index (χ1) is 10.8. The number of nitrogens with zero attached hydrogens (tertiary/aromatic N) is 2. The largest absolute Gasteiger partial charge is 0.355 e. The van der Waals surface area contributed by atoms with Crippen LogP contribution in [0.2, 0.25) is 0 Å². The van der Waals surface area contributed by atoms with Crippen molar-refractivity contribution >= 4 is 5.82 Å². The molecule has 2 aromatic rings. The minimum Gasteiger partial charge on any atom is -0.355 e. The molecule has 0 fully saturated rings. The molecule has 22 heavy (non-hydrogen) atoms. The van der Waals surface area contributed by atoms with Crippen LogP contribution < -0.4 is 10.2 Å². The molecule has 1 aromatic carbocycles. The number of likely N-dealkylation sites (N-methyl/N-ethyl adjacent to an activating group) is 1. The van der Waals surface area contributed by atoms with E-state index >= 15 is 0 Å². The van der Waals surface area contributed by atoms with Crippen molar-refractivity contribution in [3.05, 3.63) is 59.0 Å². The van der Waals surface area contributed by atoms with E-state index in [1.165, 1.54) is 29.7 Å². The molecule has 3 rings (SSSR count). The van der Waals surface area contributed by atoms with Crippen molar-refractivity contribution in [2.24, 2.45) is 0 Å². The number of halogens is 1. The highest BCUT2D eigenvalue weighted by atomic mass is 19.1. The molecule has 0 unspecified atom stereocenters. The van der Waals surface area contributed by atoms with Gasteiger partial charge in [-0.05, 0) is 61.2 Å². The number of benzene rings is 1. The molecule has 1 N–H and O–H groups in total. The maximum Gasteiger partial charge on any atom is 0.132 e. The second kappa shape index (κ2) is 6.88. The molecule has 0 saturated heterocycles. The van der Waals surface area contributed by atoms with Gasteiger partial charge in [-0.2, -0.15) is 0 Å². The summed E-state index contributed by atoms with van der Waals surface area (Å²) in [6.45, 7) is 3.02. The SMILES string of the molecule is CNCCN1CCCc2c(Cc3ccc(F)cc3)ccnc21. The smallest absolute Gasteiger partial charge is 0.132 e. The molecule has 0 saturated carbocycles. The zero-order valence-electron chi connectivity index (χ0n) is 13.0. The number of hydrogen-bond donors (Lipinski definition) is 1. The van der Waals surface area contributed by atoms with Gasteiger partial charge in [0.2, 0.25) is 0 Å². The second-order valence-corrected chi connectivity index (χ2v) is 5.77. The standard InChI is InChI=1S/C18H22FN3/c1-20-10-12-22-11-2-3-17-15(8-9-21-18(17)22)13-14-4-6-16(19)7-5-14/h4-9,20H,2-3,10-13H2,1H3. The quantitative estimate of drug-likeness (QED) is 0.920. The van der Waals surface area contributed by atoms with Crippen molar-refractivity contribution in [2.75, 3.05) is 31.6 Å². The van der Waals surface area contributed by atoms with E-state index in [9.17, 15) is 4.39 Å². The van der Waals surface area contributed by atoms with Crippen LogP contribution in [0.1, 0.15) is 23.1 Å². The minimum absolute atomic E-state index is 0.182. The van der Waals surface area contributed by atoms with E-state index in [0.29, 0.717) is 0 Å². The lowest BCUT2D eigenvalue weighted by Crippen LogP contribution is -2.35. The molecule has 0 bridgehead atoms. The Morgan fingerprint density at radius 3 is 2.82 bits per heavy atom. The van der Waals surface area contributed by atoms with Crippen LogP contribution in [0.15, 0.2) is 36.5 Å². The molecule has 0 radical (unpaired) electrons. The zero-order chi connectivity index (χ0) is 15.4. The van der Waals surface area contributed by atoms with Gasteiger partial charge >= 0.3 is 0 Å². The van der Waals surface area contributed by atoms with Gasteiger partial charge in [-0.1, -0.05) is 12.1 Å². The zero-order valence-corrected chi connectivity index (χ0v) is 13.0. The lowest BCUT2D eigenvalue weighted by molar-refractivity contribution is 0.627. The molecule has 0 aliphatic carbocycles. The molecule has 116 valence electrons. The Hall–Kier alpha value is -1.94. The van der Waals surface area contributed by atoms with Gasteiger partial charge in [0.1, 0.15) is 11.6 Å². The van der Waals surface area contributed by atoms with E-state index < -0.39 is 0 Å². The molecule has 0 atom stereocenters. The fourth-order valence-corrected chi connectivity index (χ4v) is 3.07. The van der Waals surface area contributed by atoms with Gasteiger partial charge in [0.15, 0.2) is 0 Å². The Morgan fingerprint density at radius 2 is 2.05 bits per heavy atom. The summed E-state index contributed by atoms with van der Waals surface area (Å²) in [6.07, 6.45) is 4.98. The summed E-state index contributed by atoms with van der Waals surface area (Å²) >= 11 is 0. The molecule has 4 heteroatoms. The Balaban J connectivity index is 1.85. The highest BCUT2D eigenvalue weighted by Gasteiger charge is 2.20. The second-order valence-electron chi connectivity index (χ2n) is 5.77. The summed E-state index contributed by atoms with van der Waals surface area (Å²) < 4.78 is 13.0. The van der Waals surface area contributed by atoms with Crippen LogP contribution in [0.4, 0.5) is 10.2 Å². The number of rotatable bonds is 5. The van der Waals surface area contributed by atoms with Crippen molar-refractivity contribution in [1.29, 1.82) is 0 Å². The molecule has 1 aromatic heterocycles. The summed E-state index contributed by atoms with van der Waals surface area (Å²) in [4.78, 5) is 6.97. The predicted molar refractivity (Wildman–Crippen MR) is 87.9 cm³/mol. The van der Waals surface area contributed by atoms with Crippen molar-refractivity contribution in [3.8, 4) is 0 Å². The number of fused-ring (bicyclic) bond motifs is 1. The van der Waals surface area contributed by atoms with Crippen LogP contribution in [-0.2, 0) is 12.8 Å². The van der Waals surface area contributed by atoms with Crippen LogP contribution >= 0.6 is 0 Å². The van der Waals surface area contributed by atoms with Crippen molar-refractivity contribution in [1.82, 2.24) is 10.3 Å². The number of hydrogen-bond acceptors (Lipinski definition) is 3. The van der Waals surface area contributed by atoms with E-state index in [2.05, 4.69) is 21.3 Å². The monoisotopic (exact) mass is 299 g/mol. The topological polar surface area (TPSA) is 28.2 Å². The minimum atomic E-state index is -0.182. The molecule has 0 spiro atoms. The molecule has 1 aliphatic heterocycles. The van der Waals surface area contributed by atoms with E-state index in [1.54, 1.807) is 0 Å². The van der Waals surface area contributed by atoms with Crippen LogP contribution in [0.5, 0.6) is 0 Å². The van der Waals surface area contributed by atoms with Crippen molar-refractivity contribution < 1.29 is 4.39 Å². The van der Waals surface area contributed by atoms with Gasteiger partial charge in [0.25, 0.3) is 0 Å². The lowest BCUT2D eigenvalue weighted by Gasteiger charge is -2.31. The number of nitrogens with one attached hydrogen (secondary N) is 1. The van der Waals surface area contributed by atoms with E-state index in [0.717, 1.165) is 43.9 Å². The average Bonchev–Trinajstić information content (AvgIpc) is 2.55. The van der Waals surface area contributed by atoms with Crippen molar-refractivity contribution in [2.45, 2.75) is 19.3 Å². The van der Waals surface area contributed by atoms with Gasteiger partial charge in [-0.25, -0.2) is 9.37 Å². The number of anilines is 1. The Bertz CT molecular complexity index is 625. The molecule has 3 nitrogen and oxygen atoms in total. The summed E-state index contributed by atoms with van der Waals surface area (Å²) in [6, 6.07) is 8.89. The number of aromatic nitrogens is 1. The Kier molecular flexibility index (Phi) is 4.68. The summed E-state index contributed by atoms with van der Waals surface area (Å²) in [7, 11) is 1.98. The molecule has 1 aliphatic rings. The van der Waals surface area contributed by atoms with Gasteiger partial charge in [-0.3, -0.25) is 0 Å². The predicted octanol–water partition coefficient (Wildman–Crippen LogP) is 2.78. The lowest BCUT2D eigenvalue weighted by atomic mass is 9.95. The van der Waals surface area contributed by atoms with Crippen LogP contribution in [0, 0.1) is 5.82 Å². The third-order valence-electron chi connectivity index (χ3n) is 4.22. The molecule has 0 amide bonds. The highest BCUT2D eigenvalue weighted by molar-refractivity contribution is 5.53. The maximum absolute atomic E-state index is 13.0. The summed E-state index contributed by atoms with van der Waals surface area (Å²) in [5, 5.41) is 3.20. The first-order valence-electron chi connectivity index (χ1n) is 7.88. The average molecular weight is 299 g/mol. The molecular formula is C18H22FN3. The fourth-order valence-electron chi connectivity index (χ4n) is 3.07. The van der Waals surface area contributed by atoms with Gasteiger partial charge < -0.3 is 10.2 Å². The summed E-state index contributed by atoms with van der Waals surface area (Å²) in [5.41, 5.74) is 3.81. The Morgan fingerprint density at radius 1 is 1.23 bits per heavy atom. The third kappa shape index (κ3) is 3.28. The van der Waals surface area contributed by atoms with Crippen LogP contribution in [0.25, 0.3) is 0 Å². The normalized spacial score (nSPS) is 14.0. The molecule has 2 heterocycles. The molecular weight excluding hydrogens is 277 g/mol. The van der Waals surface area contributed by atoms with E-state index in [1.807, 2.05) is 25.4 Å². The van der Waals surface area contributed by atoms with Crippen LogP contribution in [-0.4, -0.2) is 31.7 Å². The summed E-state index contributed by atoms with van der Waals surface area (Å²) in [5.74, 6) is 0.944. The van der Waals surface area contributed by atoms with Crippen LogP contribution in [0.3, 0.4) is 0 Å². The first-order valence-corrected chi connectivity index (χ1v) is 7.88. The van der Waals surface area contributed by atoms with Gasteiger partial charge in [-0.15, -0.1) is 0 Å². The fraction of sp³-hybridized carbons (Fsp3) is 0.389. The van der Waals surface area contributed by atoms with Crippen molar-refractivity contribution in [3.63, 3.8) is 0 Å². The Labute approximate surface area is 131 Å².